The van der Waals surface area contributed by atoms with Crippen molar-refractivity contribution in [1.82, 2.24) is 15.0 Å². The number of rotatable bonds is 7. The Morgan fingerprint density at radius 1 is 0.270 bits per heavy atom. The van der Waals surface area contributed by atoms with Crippen molar-refractivity contribution in [2.75, 3.05) is 0 Å². The number of hydrogen-bond acceptors (Lipinski definition) is 3. The molecule has 1 aromatic heterocycles. The van der Waals surface area contributed by atoms with E-state index in [2.05, 4.69) is 212 Å². The third-order valence-electron chi connectivity index (χ3n) is 12.8. The summed E-state index contributed by atoms with van der Waals surface area (Å²) in [6.45, 7) is 0. The topological polar surface area (TPSA) is 38.7 Å². The van der Waals surface area contributed by atoms with Crippen molar-refractivity contribution in [3.63, 3.8) is 0 Å². The molecule has 0 unspecified atom stereocenters. The van der Waals surface area contributed by atoms with Crippen LogP contribution in [0, 0.1) is 0 Å². The summed E-state index contributed by atoms with van der Waals surface area (Å²) in [4.78, 5) is 15.4. The summed E-state index contributed by atoms with van der Waals surface area (Å²) >= 11 is 0. The van der Waals surface area contributed by atoms with Gasteiger partial charge in [0, 0.05) is 16.7 Å². The Labute approximate surface area is 366 Å². The average Bonchev–Trinajstić information content (AvgIpc) is 3.68. The predicted octanol–water partition coefficient (Wildman–Crippen LogP) is 14.9. The molecule has 1 heterocycles. The third-order valence-corrected chi connectivity index (χ3v) is 12.8. The molecule has 11 aromatic rings. The highest BCUT2D eigenvalue weighted by Gasteiger charge is 2.47. The fourth-order valence-corrected chi connectivity index (χ4v) is 9.92. The van der Waals surface area contributed by atoms with Crippen LogP contribution in [0.25, 0.3) is 89.1 Å². The summed E-state index contributed by atoms with van der Waals surface area (Å²) in [7, 11) is 0. The smallest absolute Gasteiger partial charge is 0.164 e. The monoisotopic (exact) mass is 801 g/mol. The summed E-state index contributed by atoms with van der Waals surface area (Å²) in [6.07, 6.45) is 0. The molecule has 0 N–H and O–H groups in total. The van der Waals surface area contributed by atoms with Crippen LogP contribution < -0.4 is 0 Å². The number of benzene rings is 10. The molecular weight excluding hydrogens is 763 g/mol. The van der Waals surface area contributed by atoms with E-state index in [4.69, 9.17) is 15.0 Å². The maximum atomic E-state index is 5.20. The first kappa shape index (κ1) is 36.6. The van der Waals surface area contributed by atoms with Gasteiger partial charge in [0.05, 0.1) is 5.41 Å². The molecule has 0 amide bonds. The van der Waals surface area contributed by atoms with Gasteiger partial charge in [0.15, 0.2) is 17.5 Å². The Morgan fingerprint density at radius 2 is 0.746 bits per heavy atom. The van der Waals surface area contributed by atoms with Gasteiger partial charge >= 0.3 is 0 Å². The zero-order valence-electron chi connectivity index (χ0n) is 34.4. The third kappa shape index (κ3) is 6.08. The van der Waals surface area contributed by atoms with E-state index in [0.29, 0.717) is 17.5 Å². The van der Waals surface area contributed by atoms with Gasteiger partial charge < -0.3 is 0 Å². The first-order valence-electron chi connectivity index (χ1n) is 21.5. The quantitative estimate of drug-likeness (QED) is 0.161. The second-order valence-electron chi connectivity index (χ2n) is 16.3. The van der Waals surface area contributed by atoms with Gasteiger partial charge in [0.1, 0.15) is 0 Å². The molecule has 3 nitrogen and oxygen atoms in total. The van der Waals surface area contributed by atoms with E-state index in [9.17, 15) is 0 Å². The molecular formula is C60H39N3. The molecule has 10 aromatic carbocycles. The van der Waals surface area contributed by atoms with Crippen molar-refractivity contribution >= 4 is 21.5 Å². The average molecular weight is 802 g/mol. The minimum absolute atomic E-state index is 0.489. The first-order chi connectivity index (χ1) is 31.2. The molecule has 0 saturated carbocycles. The van der Waals surface area contributed by atoms with Crippen LogP contribution in [-0.4, -0.2) is 15.0 Å². The van der Waals surface area contributed by atoms with Crippen molar-refractivity contribution in [3.05, 3.63) is 259 Å². The highest BCUT2D eigenvalue weighted by molar-refractivity contribution is 6.05. The molecule has 3 heteroatoms. The SMILES string of the molecule is c1ccc(-c2ccc(-c3nc(-c4ccccc4)nc(-c4cc(-c5ccc6c7c(ccc6c5)-c5ccccc5C7(c5ccccc5)c5ccccc5)c5ccccc5c4)n3)cc2)cc1. The Bertz CT molecular complexity index is 3430. The molecule has 0 radical (unpaired) electrons. The van der Waals surface area contributed by atoms with Crippen LogP contribution >= 0.6 is 0 Å². The predicted molar refractivity (Wildman–Crippen MR) is 259 cm³/mol. The van der Waals surface area contributed by atoms with Gasteiger partial charge in [-0.2, -0.15) is 0 Å². The lowest BCUT2D eigenvalue weighted by molar-refractivity contribution is 0.775. The molecule has 1 aliphatic rings. The van der Waals surface area contributed by atoms with Gasteiger partial charge in [0.25, 0.3) is 0 Å². The molecule has 294 valence electrons. The van der Waals surface area contributed by atoms with Crippen LogP contribution in [0.2, 0.25) is 0 Å². The van der Waals surface area contributed by atoms with Crippen molar-refractivity contribution in [2.45, 2.75) is 5.41 Å². The van der Waals surface area contributed by atoms with Crippen LogP contribution in [0.1, 0.15) is 22.3 Å². The van der Waals surface area contributed by atoms with Crippen molar-refractivity contribution < 1.29 is 0 Å². The van der Waals surface area contributed by atoms with Gasteiger partial charge in [-0.1, -0.05) is 218 Å². The normalized spacial score (nSPS) is 12.6. The number of aromatic nitrogens is 3. The standard InChI is InChI=1S/C60H39N3/c1-5-17-40(18-6-1)41-29-31-43(32-30-41)58-61-57(42-19-7-2-8-20-42)62-59(63-58)47-38-44-21-13-14-26-50(44)54(39-47)46-33-35-51-45(37-46)34-36-53-52-27-15-16-28-55(52)60(56(51)53,48-22-9-3-10-23-48)49-24-11-4-12-25-49/h1-39H. The van der Waals surface area contributed by atoms with Crippen LogP contribution in [0.3, 0.4) is 0 Å². The van der Waals surface area contributed by atoms with E-state index in [1.807, 2.05) is 24.3 Å². The van der Waals surface area contributed by atoms with Crippen LogP contribution in [0.5, 0.6) is 0 Å². The minimum Gasteiger partial charge on any atom is -0.208 e. The lowest BCUT2D eigenvalue weighted by atomic mass is 9.66. The lowest BCUT2D eigenvalue weighted by Crippen LogP contribution is -2.28. The van der Waals surface area contributed by atoms with Gasteiger partial charge in [-0.15, -0.1) is 0 Å². The van der Waals surface area contributed by atoms with Gasteiger partial charge in [0.2, 0.25) is 0 Å². The maximum absolute atomic E-state index is 5.20. The van der Waals surface area contributed by atoms with E-state index in [1.165, 1.54) is 55.1 Å². The maximum Gasteiger partial charge on any atom is 0.164 e. The van der Waals surface area contributed by atoms with E-state index in [-0.39, 0.29) is 0 Å². The van der Waals surface area contributed by atoms with Gasteiger partial charge in [-0.3, -0.25) is 0 Å². The van der Waals surface area contributed by atoms with E-state index >= 15 is 0 Å². The molecule has 63 heavy (non-hydrogen) atoms. The molecule has 12 rings (SSSR count). The summed E-state index contributed by atoms with van der Waals surface area (Å²) in [5.41, 5.74) is 14.6. The molecule has 0 bridgehead atoms. The Balaban J connectivity index is 1.04. The molecule has 0 spiro atoms. The summed E-state index contributed by atoms with van der Waals surface area (Å²) in [6, 6.07) is 84.9. The molecule has 0 fully saturated rings. The fourth-order valence-electron chi connectivity index (χ4n) is 9.92. The van der Waals surface area contributed by atoms with Gasteiger partial charge in [-0.25, -0.2) is 15.0 Å². The largest absolute Gasteiger partial charge is 0.208 e. The van der Waals surface area contributed by atoms with Crippen LogP contribution in [0.15, 0.2) is 237 Å². The Kier molecular flexibility index (Phi) is 8.72. The number of fused-ring (bicyclic) bond motifs is 6. The van der Waals surface area contributed by atoms with Crippen molar-refractivity contribution in [3.8, 4) is 67.5 Å². The van der Waals surface area contributed by atoms with Crippen molar-refractivity contribution in [1.29, 1.82) is 0 Å². The number of hydrogen-bond donors (Lipinski definition) is 0. The second kappa shape index (κ2) is 15.0. The van der Waals surface area contributed by atoms with E-state index in [0.717, 1.165) is 38.8 Å². The van der Waals surface area contributed by atoms with Crippen LogP contribution in [-0.2, 0) is 5.41 Å². The zero-order chi connectivity index (χ0) is 41.7. The highest BCUT2D eigenvalue weighted by Crippen LogP contribution is 2.58. The first-order valence-corrected chi connectivity index (χ1v) is 21.5. The molecule has 0 aliphatic heterocycles. The molecule has 0 atom stereocenters. The fraction of sp³-hybridized carbons (Fsp3) is 0.0167. The van der Waals surface area contributed by atoms with E-state index in [1.54, 1.807) is 0 Å². The van der Waals surface area contributed by atoms with Crippen LogP contribution in [0.4, 0.5) is 0 Å². The zero-order valence-corrected chi connectivity index (χ0v) is 34.4. The summed E-state index contributed by atoms with van der Waals surface area (Å²) in [5.74, 6) is 1.90. The second-order valence-corrected chi connectivity index (χ2v) is 16.3. The van der Waals surface area contributed by atoms with Gasteiger partial charge in [-0.05, 0) is 95.4 Å². The summed E-state index contributed by atoms with van der Waals surface area (Å²) in [5, 5.41) is 4.73. The summed E-state index contributed by atoms with van der Waals surface area (Å²) < 4.78 is 0. The van der Waals surface area contributed by atoms with Crippen molar-refractivity contribution in [2.24, 2.45) is 0 Å². The highest BCUT2D eigenvalue weighted by atomic mass is 15.0. The molecule has 1 aliphatic carbocycles. The lowest BCUT2D eigenvalue weighted by Gasteiger charge is -2.34. The van der Waals surface area contributed by atoms with E-state index < -0.39 is 5.41 Å². The Hall–Kier alpha value is -8.27. The minimum atomic E-state index is -0.489. The Morgan fingerprint density at radius 3 is 1.43 bits per heavy atom. The molecule has 0 saturated heterocycles. The number of nitrogens with zero attached hydrogens (tertiary/aromatic N) is 3.